The molecule has 0 aliphatic carbocycles. The molecule has 0 saturated heterocycles. The average molecular weight is 255 g/mol. The van der Waals surface area contributed by atoms with Gasteiger partial charge in [-0.3, -0.25) is 4.79 Å². The largest absolute Gasteiger partial charge is 0.484 e. The number of rotatable bonds is 4. The van der Waals surface area contributed by atoms with Gasteiger partial charge in [0.25, 0.3) is 5.91 Å². The van der Waals surface area contributed by atoms with Crippen LogP contribution in [0.3, 0.4) is 0 Å². The van der Waals surface area contributed by atoms with Gasteiger partial charge in [-0.25, -0.2) is 4.39 Å². The zero-order chi connectivity index (χ0) is 13.8. The molecule has 1 aromatic carbocycles. The number of carbonyl (C=O) groups is 1. The van der Waals surface area contributed by atoms with Crippen molar-refractivity contribution in [3.63, 3.8) is 0 Å². The molecule has 0 radical (unpaired) electrons. The first-order valence-corrected chi connectivity index (χ1v) is 5.64. The lowest BCUT2D eigenvalue weighted by Crippen LogP contribution is -2.43. The van der Waals surface area contributed by atoms with Gasteiger partial charge in [-0.05, 0) is 38.5 Å². The van der Waals surface area contributed by atoms with Gasteiger partial charge in [0.15, 0.2) is 6.61 Å². The molecule has 18 heavy (non-hydrogen) atoms. The third-order valence-corrected chi connectivity index (χ3v) is 2.00. The maximum atomic E-state index is 13.1. The first-order valence-electron chi connectivity index (χ1n) is 5.64. The minimum Gasteiger partial charge on any atom is -0.484 e. The Morgan fingerprint density at radius 1 is 1.39 bits per heavy atom. The maximum absolute atomic E-state index is 13.1. The van der Waals surface area contributed by atoms with E-state index < -0.39 is 5.82 Å². The summed E-state index contributed by atoms with van der Waals surface area (Å²) in [5.74, 6) is -0.562. The highest BCUT2D eigenvalue weighted by Gasteiger charge is 2.14. The van der Waals surface area contributed by atoms with Gasteiger partial charge >= 0.3 is 0 Å². The minimum atomic E-state index is -0.507. The van der Waals surface area contributed by atoms with Gasteiger partial charge in [-0.1, -0.05) is 0 Å². The highest BCUT2D eigenvalue weighted by molar-refractivity contribution is 5.78. The van der Waals surface area contributed by atoms with Crippen molar-refractivity contribution < 1.29 is 19.0 Å². The summed E-state index contributed by atoms with van der Waals surface area (Å²) in [5, 5.41) is 11.6. The van der Waals surface area contributed by atoms with Crippen molar-refractivity contribution in [2.75, 3.05) is 6.61 Å². The molecule has 0 saturated carbocycles. The number of hydrogen-bond acceptors (Lipinski definition) is 3. The van der Waals surface area contributed by atoms with E-state index in [0.717, 1.165) is 0 Å². The third-order valence-electron chi connectivity index (χ3n) is 2.00. The summed E-state index contributed by atoms with van der Waals surface area (Å²) in [7, 11) is 0. The van der Waals surface area contributed by atoms with Crippen molar-refractivity contribution in [3.8, 4) is 5.75 Å². The summed E-state index contributed by atoms with van der Waals surface area (Å²) in [6.45, 7) is 5.11. The van der Waals surface area contributed by atoms with E-state index in [0.29, 0.717) is 5.56 Å². The quantitative estimate of drug-likeness (QED) is 0.859. The highest BCUT2D eigenvalue weighted by atomic mass is 19.1. The second kappa shape index (κ2) is 5.82. The van der Waals surface area contributed by atoms with Crippen LogP contribution >= 0.6 is 0 Å². The van der Waals surface area contributed by atoms with E-state index in [9.17, 15) is 9.18 Å². The van der Waals surface area contributed by atoms with Gasteiger partial charge in [0, 0.05) is 11.6 Å². The number of carbonyl (C=O) groups excluding carboxylic acids is 1. The Morgan fingerprint density at radius 2 is 2.06 bits per heavy atom. The van der Waals surface area contributed by atoms with Crippen molar-refractivity contribution in [1.29, 1.82) is 0 Å². The molecule has 0 unspecified atom stereocenters. The van der Waals surface area contributed by atoms with Crippen LogP contribution in [-0.4, -0.2) is 23.2 Å². The molecule has 5 heteroatoms. The zero-order valence-corrected chi connectivity index (χ0v) is 10.8. The average Bonchev–Trinajstić information content (AvgIpc) is 2.23. The van der Waals surface area contributed by atoms with Gasteiger partial charge in [-0.2, -0.15) is 0 Å². The minimum absolute atomic E-state index is 0.189. The van der Waals surface area contributed by atoms with Crippen LogP contribution in [0.25, 0.3) is 0 Å². The van der Waals surface area contributed by atoms with Crippen LogP contribution in [0.4, 0.5) is 4.39 Å². The Labute approximate surface area is 106 Å². The SMILES string of the molecule is CC(C)(C)NC(=O)COc1cc(F)cc(CO)c1. The fraction of sp³-hybridized carbons (Fsp3) is 0.462. The lowest BCUT2D eigenvalue weighted by Gasteiger charge is -2.20. The monoisotopic (exact) mass is 255 g/mol. The topological polar surface area (TPSA) is 58.6 Å². The molecule has 1 aromatic rings. The van der Waals surface area contributed by atoms with Crippen molar-refractivity contribution in [1.82, 2.24) is 5.32 Å². The van der Waals surface area contributed by atoms with Gasteiger partial charge in [-0.15, -0.1) is 0 Å². The molecular weight excluding hydrogens is 237 g/mol. The molecule has 0 aliphatic heterocycles. The highest BCUT2D eigenvalue weighted by Crippen LogP contribution is 2.16. The number of ether oxygens (including phenoxy) is 1. The Kier molecular flexibility index (Phi) is 4.67. The first-order chi connectivity index (χ1) is 8.30. The van der Waals surface area contributed by atoms with E-state index in [2.05, 4.69) is 5.32 Å². The van der Waals surface area contributed by atoms with Gasteiger partial charge < -0.3 is 15.2 Å². The van der Waals surface area contributed by atoms with Crippen LogP contribution in [0.2, 0.25) is 0 Å². The number of hydrogen-bond donors (Lipinski definition) is 2. The second-order valence-corrected chi connectivity index (χ2v) is 5.04. The summed E-state index contributed by atoms with van der Waals surface area (Å²) >= 11 is 0. The summed E-state index contributed by atoms with van der Waals surface area (Å²) in [6.07, 6.45) is 0. The third kappa shape index (κ3) is 5.14. The predicted octanol–water partition coefficient (Wildman–Crippen LogP) is 1.61. The van der Waals surface area contributed by atoms with Crippen LogP contribution < -0.4 is 10.1 Å². The summed E-state index contributed by atoms with van der Waals surface area (Å²) in [5.41, 5.74) is 0.0692. The molecule has 0 spiro atoms. The van der Waals surface area contributed by atoms with Crippen molar-refractivity contribution in [2.24, 2.45) is 0 Å². The van der Waals surface area contributed by atoms with E-state index >= 15 is 0 Å². The Hall–Kier alpha value is -1.62. The Morgan fingerprint density at radius 3 is 2.61 bits per heavy atom. The Bertz CT molecular complexity index is 427. The lowest BCUT2D eigenvalue weighted by atomic mass is 10.1. The molecule has 0 bridgehead atoms. The fourth-order valence-electron chi connectivity index (χ4n) is 1.40. The molecule has 4 nitrogen and oxygen atoms in total. The lowest BCUT2D eigenvalue weighted by molar-refractivity contribution is -0.124. The van der Waals surface area contributed by atoms with Crippen molar-refractivity contribution in [2.45, 2.75) is 32.9 Å². The number of benzene rings is 1. The number of halogens is 1. The second-order valence-electron chi connectivity index (χ2n) is 5.04. The van der Waals surface area contributed by atoms with Crippen molar-refractivity contribution >= 4 is 5.91 Å². The summed E-state index contributed by atoms with van der Waals surface area (Å²) in [4.78, 5) is 11.5. The molecule has 0 aliphatic rings. The normalized spacial score (nSPS) is 11.2. The maximum Gasteiger partial charge on any atom is 0.258 e. The van der Waals surface area contributed by atoms with Crippen molar-refractivity contribution in [3.05, 3.63) is 29.6 Å². The first kappa shape index (κ1) is 14.4. The molecule has 0 fully saturated rings. The number of amides is 1. The molecule has 0 heterocycles. The van der Waals surface area contributed by atoms with Gasteiger partial charge in [0.05, 0.1) is 6.61 Å². The van der Waals surface area contributed by atoms with Crippen LogP contribution in [-0.2, 0) is 11.4 Å². The Balaban J connectivity index is 2.58. The summed E-state index contributed by atoms with van der Waals surface area (Å²) < 4.78 is 18.3. The standard InChI is InChI=1S/C13H18FNO3/c1-13(2,3)15-12(17)8-18-11-5-9(7-16)4-10(14)6-11/h4-6,16H,7-8H2,1-3H3,(H,15,17). The van der Waals surface area contributed by atoms with E-state index in [-0.39, 0.29) is 30.4 Å². The van der Waals surface area contributed by atoms with Crippen LogP contribution in [0.1, 0.15) is 26.3 Å². The number of nitrogens with one attached hydrogen (secondary N) is 1. The predicted molar refractivity (Wildman–Crippen MR) is 65.7 cm³/mol. The van der Waals surface area contributed by atoms with Gasteiger partial charge in [0.1, 0.15) is 11.6 Å². The fourth-order valence-corrected chi connectivity index (χ4v) is 1.40. The summed E-state index contributed by atoms with van der Waals surface area (Å²) in [6, 6.07) is 3.87. The molecule has 100 valence electrons. The molecule has 1 amide bonds. The zero-order valence-electron chi connectivity index (χ0n) is 10.8. The van der Waals surface area contributed by atoms with Crippen LogP contribution in [0.5, 0.6) is 5.75 Å². The van der Waals surface area contributed by atoms with Crippen LogP contribution in [0.15, 0.2) is 18.2 Å². The van der Waals surface area contributed by atoms with E-state index in [1.807, 2.05) is 20.8 Å². The van der Waals surface area contributed by atoms with Gasteiger partial charge in [0.2, 0.25) is 0 Å². The molecule has 2 N–H and O–H groups in total. The van der Waals surface area contributed by atoms with E-state index in [4.69, 9.17) is 9.84 Å². The van der Waals surface area contributed by atoms with E-state index in [1.165, 1.54) is 18.2 Å². The molecule has 0 atom stereocenters. The van der Waals surface area contributed by atoms with E-state index in [1.54, 1.807) is 0 Å². The van der Waals surface area contributed by atoms with Crippen LogP contribution in [0, 0.1) is 5.82 Å². The smallest absolute Gasteiger partial charge is 0.258 e. The number of aliphatic hydroxyl groups excluding tert-OH is 1. The molecule has 1 rings (SSSR count). The molecular formula is C13H18FNO3. The molecule has 0 aromatic heterocycles. The number of aliphatic hydroxyl groups is 1.